The van der Waals surface area contributed by atoms with Gasteiger partial charge in [0, 0.05) is 43.1 Å². The predicted octanol–water partition coefficient (Wildman–Crippen LogP) is 3.29. The van der Waals surface area contributed by atoms with Gasteiger partial charge in [-0.1, -0.05) is 11.6 Å². The van der Waals surface area contributed by atoms with Crippen LogP contribution in [0.5, 0.6) is 0 Å². The molecule has 0 spiro atoms. The first-order valence-electron chi connectivity index (χ1n) is 9.36. The molecular weight excluding hydrogens is 390 g/mol. The maximum Gasteiger partial charge on any atom is 0.253 e. The van der Waals surface area contributed by atoms with Gasteiger partial charge in [0.05, 0.1) is 11.3 Å². The van der Waals surface area contributed by atoms with Crippen LogP contribution in [-0.4, -0.2) is 32.9 Å². The van der Waals surface area contributed by atoms with E-state index in [0.29, 0.717) is 35.8 Å². The molecule has 1 fully saturated rings. The number of carbonyl (C=O) groups is 2. The summed E-state index contributed by atoms with van der Waals surface area (Å²) in [5.41, 5.74) is 1.90. The summed E-state index contributed by atoms with van der Waals surface area (Å²) in [5.74, 6) is 1.32. The maximum absolute atomic E-state index is 12.9. The van der Waals surface area contributed by atoms with Crippen molar-refractivity contribution < 1.29 is 9.59 Å². The number of carbonyl (C=O) groups excluding carboxylic acids is 2. The van der Waals surface area contributed by atoms with Crippen molar-refractivity contribution in [1.29, 1.82) is 0 Å². The molecule has 29 heavy (non-hydrogen) atoms. The average Bonchev–Trinajstić information content (AvgIpc) is 3.34. The molecule has 2 aromatic heterocycles. The van der Waals surface area contributed by atoms with Gasteiger partial charge >= 0.3 is 0 Å². The highest BCUT2D eigenvalue weighted by Crippen LogP contribution is 2.28. The van der Waals surface area contributed by atoms with Crippen LogP contribution in [-0.2, 0) is 11.3 Å². The zero-order valence-corrected chi connectivity index (χ0v) is 16.7. The molecule has 7 nitrogen and oxygen atoms in total. The van der Waals surface area contributed by atoms with Gasteiger partial charge in [-0.2, -0.15) is 0 Å². The molecule has 0 aliphatic carbocycles. The van der Waals surface area contributed by atoms with Crippen LogP contribution >= 0.6 is 11.6 Å². The maximum atomic E-state index is 12.9. The molecule has 1 N–H and O–H groups in total. The molecule has 1 aliphatic rings. The molecule has 0 atom stereocenters. The monoisotopic (exact) mass is 409 g/mol. The van der Waals surface area contributed by atoms with Crippen LogP contribution in [0.4, 0.5) is 5.69 Å². The summed E-state index contributed by atoms with van der Waals surface area (Å²) in [4.78, 5) is 35.2. The van der Waals surface area contributed by atoms with Crippen molar-refractivity contribution in [2.75, 3.05) is 11.4 Å². The zero-order valence-electron chi connectivity index (χ0n) is 15.9. The molecule has 0 saturated carbocycles. The van der Waals surface area contributed by atoms with Crippen LogP contribution in [0, 0.1) is 6.92 Å². The Kier molecular flexibility index (Phi) is 5.31. The number of aryl methyl sites for hydroxylation is 1. The van der Waals surface area contributed by atoms with Gasteiger partial charge in [-0.25, -0.2) is 9.97 Å². The second-order valence-corrected chi connectivity index (χ2v) is 7.30. The van der Waals surface area contributed by atoms with Gasteiger partial charge in [-0.15, -0.1) is 0 Å². The Bertz CT molecular complexity index is 1080. The third-order valence-corrected chi connectivity index (χ3v) is 5.14. The van der Waals surface area contributed by atoms with Crippen molar-refractivity contribution in [1.82, 2.24) is 19.9 Å². The molecule has 4 rings (SSSR count). The van der Waals surface area contributed by atoms with E-state index in [1.165, 1.54) is 0 Å². The molecule has 1 saturated heterocycles. The summed E-state index contributed by atoms with van der Waals surface area (Å²) in [6.07, 6.45) is 6.52. The molecule has 8 heteroatoms. The summed E-state index contributed by atoms with van der Waals surface area (Å²) in [7, 11) is 0. The van der Waals surface area contributed by atoms with E-state index in [2.05, 4.69) is 15.3 Å². The summed E-state index contributed by atoms with van der Waals surface area (Å²) in [6.45, 7) is 2.83. The molecule has 148 valence electrons. The number of amides is 2. The number of hydrogen-bond acceptors (Lipinski definition) is 4. The van der Waals surface area contributed by atoms with Gasteiger partial charge in [0.1, 0.15) is 11.6 Å². The predicted molar refractivity (Wildman–Crippen MR) is 110 cm³/mol. The molecule has 1 aliphatic heterocycles. The van der Waals surface area contributed by atoms with E-state index in [-0.39, 0.29) is 11.8 Å². The van der Waals surface area contributed by atoms with Crippen LogP contribution in [0.25, 0.3) is 5.82 Å². The minimum atomic E-state index is -0.256. The molecule has 2 amide bonds. The molecule has 3 heterocycles. The first-order chi connectivity index (χ1) is 14.0. The SMILES string of the molecule is Cc1nccn1-c1cc(CNC(=O)c2ccc(Cl)cc2N2CCCC2=O)ccn1. The van der Waals surface area contributed by atoms with E-state index in [1.54, 1.807) is 35.5 Å². The number of benzene rings is 1. The van der Waals surface area contributed by atoms with Crippen LogP contribution in [0.15, 0.2) is 48.9 Å². The lowest BCUT2D eigenvalue weighted by atomic mass is 10.1. The summed E-state index contributed by atoms with van der Waals surface area (Å²) >= 11 is 6.12. The smallest absolute Gasteiger partial charge is 0.253 e. The molecular formula is C21H20ClN5O2. The van der Waals surface area contributed by atoms with Crippen LogP contribution < -0.4 is 10.2 Å². The third-order valence-electron chi connectivity index (χ3n) is 4.90. The highest BCUT2D eigenvalue weighted by Gasteiger charge is 2.26. The first-order valence-corrected chi connectivity index (χ1v) is 9.74. The number of anilines is 1. The second-order valence-electron chi connectivity index (χ2n) is 6.86. The van der Waals surface area contributed by atoms with E-state index in [0.717, 1.165) is 23.6 Å². The Morgan fingerprint density at radius 1 is 1.21 bits per heavy atom. The number of nitrogens with one attached hydrogen (secondary N) is 1. The van der Waals surface area contributed by atoms with E-state index in [1.807, 2.05) is 29.8 Å². The minimum absolute atomic E-state index is 0.00999. The number of halogens is 1. The number of aromatic nitrogens is 3. The Labute approximate surface area is 173 Å². The van der Waals surface area contributed by atoms with Crippen molar-refractivity contribution in [2.45, 2.75) is 26.3 Å². The lowest BCUT2D eigenvalue weighted by molar-refractivity contribution is -0.117. The highest BCUT2D eigenvalue weighted by molar-refractivity contribution is 6.31. The number of hydrogen-bond donors (Lipinski definition) is 1. The van der Waals surface area contributed by atoms with Crippen molar-refractivity contribution in [2.24, 2.45) is 0 Å². The molecule has 0 radical (unpaired) electrons. The van der Waals surface area contributed by atoms with Crippen molar-refractivity contribution in [3.8, 4) is 5.82 Å². The largest absolute Gasteiger partial charge is 0.348 e. The van der Waals surface area contributed by atoms with Crippen LogP contribution in [0.2, 0.25) is 5.02 Å². The third kappa shape index (κ3) is 4.00. The average molecular weight is 410 g/mol. The fourth-order valence-corrected chi connectivity index (χ4v) is 3.59. The number of pyridine rings is 1. The quantitative estimate of drug-likeness (QED) is 0.701. The van der Waals surface area contributed by atoms with E-state index >= 15 is 0 Å². The van der Waals surface area contributed by atoms with Gasteiger partial charge in [0.2, 0.25) is 5.91 Å². The van der Waals surface area contributed by atoms with Gasteiger partial charge in [0.15, 0.2) is 0 Å². The van der Waals surface area contributed by atoms with Crippen LogP contribution in [0.3, 0.4) is 0 Å². The van der Waals surface area contributed by atoms with Crippen LogP contribution in [0.1, 0.15) is 34.6 Å². The molecule has 3 aromatic rings. The van der Waals surface area contributed by atoms with Crippen molar-refractivity contribution in [3.05, 3.63) is 70.9 Å². The minimum Gasteiger partial charge on any atom is -0.348 e. The fraction of sp³-hybridized carbons (Fsp3) is 0.238. The Balaban J connectivity index is 1.52. The number of nitrogens with zero attached hydrogens (tertiary/aromatic N) is 4. The summed E-state index contributed by atoms with van der Waals surface area (Å²) < 4.78 is 1.88. The number of imidazole rings is 1. The van der Waals surface area contributed by atoms with Crippen molar-refractivity contribution in [3.63, 3.8) is 0 Å². The summed E-state index contributed by atoms with van der Waals surface area (Å²) in [6, 6.07) is 8.74. The van der Waals surface area contributed by atoms with E-state index < -0.39 is 0 Å². The molecule has 0 bridgehead atoms. The lowest BCUT2D eigenvalue weighted by Gasteiger charge is -2.20. The lowest BCUT2D eigenvalue weighted by Crippen LogP contribution is -2.29. The van der Waals surface area contributed by atoms with Gasteiger partial charge in [-0.05, 0) is 49.2 Å². The highest BCUT2D eigenvalue weighted by atomic mass is 35.5. The van der Waals surface area contributed by atoms with Crippen molar-refractivity contribution >= 4 is 29.1 Å². The molecule has 0 unspecified atom stereocenters. The normalized spacial score (nSPS) is 13.7. The van der Waals surface area contributed by atoms with Gasteiger partial charge < -0.3 is 10.2 Å². The van der Waals surface area contributed by atoms with E-state index in [9.17, 15) is 9.59 Å². The standard InChI is InChI=1S/C21H20ClN5O2/c1-14-23-8-10-26(14)19-11-15(6-7-24-19)13-25-21(29)17-5-4-16(22)12-18(17)27-9-2-3-20(27)28/h4-8,10-12H,2-3,9,13H2,1H3,(H,25,29). The number of rotatable bonds is 5. The van der Waals surface area contributed by atoms with Gasteiger partial charge in [-0.3, -0.25) is 14.2 Å². The summed E-state index contributed by atoms with van der Waals surface area (Å²) in [5, 5.41) is 3.42. The Hall–Kier alpha value is -3.19. The Morgan fingerprint density at radius 3 is 2.79 bits per heavy atom. The topological polar surface area (TPSA) is 80.1 Å². The second kappa shape index (κ2) is 8.05. The molecule has 1 aromatic carbocycles. The zero-order chi connectivity index (χ0) is 20.4. The first kappa shape index (κ1) is 19.1. The van der Waals surface area contributed by atoms with E-state index in [4.69, 9.17) is 11.6 Å². The fourth-order valence-electron chi connectivity index (χ4n) is 3.42. The van der Waals surface area contributed by atoms with Gasteiger partial charge in [0.25, 0.3) is 5.91 Å². The Morgan fingerprint density at radius 2 is 2.07 bits per heavy atom.